The Morgan fingerprint density at radius 2 is 1.76 bits per heavy atom. The molecule has 2 heterocycles. The summed E-state index contributed by atoms with van der Waals surface area (Å²) >= 11 is 0. The standard InChI is InChI=1S/C21H21N5O3/c1-29-17-8-6-15(7-9-17)20(27)16-10-12-25(13-11-16)21(28)18-4-2-3-5-19(18)26-14-22-23-24-26/h2-9,14,16H,10-13H2,1H3. The number of aromatic nitrogens is 4. The van der Waals surface area contributed by atoms with Gasteiger partial charge in [-0.25, -0.2) is 0 Å². The number of hydrogen-bond donors (Lipinski definition) is 0. The van der Waals surface area contributed by atoms with Crippen LogP contribution in [0.3, 0.4) is 0 Å². The zero-order valence-corrected chi connectivity index (χ0v) is 16.1. The van der Waals surface area contributed by atoms with Gasteiger partial charge in [0.15, 0.2) is 5.78 Å². The van der Waals surface area contributed by atoms with E-state index in [1.165, 1.54) is 11.0 Å². The average Bonchev–Trinajstić information content (AvgIpc) is 3.33. The minimum absolute atomic E-state index is 0.0774. The van der Waals surface area contributed by atoms with Gasteiger partial charge in [-0.05, 0) is 59.7 Å². The highest BCUT2D eigenvalue weighted by Gasteiger charge is 2.29. The third-order valence-electron chi connectivity index (χ3n) is 5.26. The zero-order chi connectivity index (χ0) is 20.2. The molecule has 148 valence electrons. The first kappa shape index (κ1) is 18.8. The van der Waals surface area contributed by atoms with E-state index in [1.807, 2.05) is 18.2 Å². The lowest BCUT2D eigenvalue weighted by molar-refractivity contribution is 0.0650. The molecule has 0 saturated carbocycles. The SMILES string of the molecule is COc1ccc(C(=O)C2CCN(C(=O)c3ccccc3-n3cnnn3)CC2)cc1. The molecule has 8 nitrogen and oxygen atoms in total. The van der Waals surface area contributed by atoms with Crippen molar-refractivity contribution in [3.8, 4) is 11.4 Å². The zero-order valence-electron chi connectivity index (χ0n) is 16.1. The highest BCUT2D eigenvalue weighted by Crippen LogP contribution is 2.25. The van der Waals surface area contributed by atoms with Crippen LogP contribution in [0.1, 0.15) is 33.6 Å². The number of para-hydroxylation sites is 1. The molecule has 0 atom stereocenters. The van der Waals surface area contributed by atoms with Crippen molar-refractivity contribution in [2.24, 2.45) is 5.92 Å². The third kappa shape index (κ3) is 3.87. The van der Waals surface area contributed by atoms with Crippen molar-refractivity contribution < 1.29 is 14.3 Å². The molecule has 4 rings (SSSR count). The smallest absolute Gasteiger partial charge is 0.256 e. The number of Topliss-reactive ketones (excluding diaryl/α,β-unsaturated/α-hetero) is 1. The molecule has 0 spiro atoms. The van der Waals surface area contributed by atoms with E-state index in [0.29, 0.717) is 42.7 Å². The summed E-state index contributed by atoms with van der Waals surface area (Å²) in [6, 6.07) is 14.4. The van der Waals surface area contributed by atoms with Crippen LogP contribution in [0.4, 0.5) is 0 Å². The van der Waals surface area contributed by atoms with Crippen LogP contribution >= 0.6 is 0 Å². The van der Waals surface area contributed by atoms with Crippen molar-refractivity contribution in [2.75, 3.05) is 20.2 Å². The largest absolute Gasteiger partial charge is 0.497 e. The van der Waals surface area contributed by atoms with Gasteiger partial charge in [0.1, 0.15) is 12.1 Å². The van der Waals surface area contributed by atoms with Crippen LogP contribution in [-0.4, -0.2) is 57.0 Å². The Bertz CT molecular complexity index is 993. The number of benzene rings is 2. The number of nitrogens with zero attached hydrogens (tertiary/aromatic N) is 5. The Balaban J connectivity index is 1.43. The molecule has 1 aliphatic heterocycles. The number of tetrazole rings is 1. The van der Waals surface area contributed by atoms with Crippen LogP contribution in [0.15, 0.2) is 54.9 Å². The summed E-state index contributed by atoms with van der Waals surface area (Å²) in [6.45, 7) is 1.07. The number of rotatable bonds is 5. The first-order chi connectivity index (χ1) is 14.2. The number of piperidine rings is 1. The fraction of sp³-hybridized carbons (Fsp3) is 0.286. The van der Waals surface area contributed by atoms with Crippen molar-refractivity contribution in [2.45, 2.75) is 12.8 Å². The number of ether oxygens (including phenoxy) is 1. The van der Waals surface area contributed by atoms with E-state index in [-0.39, 0.29) is 17.6 Å². The highest BCUT2D eigenvalue weighted by molar-refractivity contribution is 5.99. The molecule has 29 heavy (non-hydrogen) atoms. The molecule has 1 fully saturated rings. The monoisotopic (exact) mass is 391 g/mol. The molecule has 1 saturated heterocycles. The average molecular weight is 391 g/mol. The predicted molar refractivity (Wildman–Crippen MR) is 105 cm³/mol. The van der Waals surface area contributed by atoms with Crippen molar-refractivity contribution in [1.29, 1.82) is 0 Å². The topological polar surface area (TPSA) is 90.2 Å². The van der Waals surface area contributed by atoms with Gasteiger partial charge in [0.25, 0.3) is 5.91 Å². The second kappa shape index (κ2) is 8.22. The van der Waals surface area contributed by atoms with E-state index in [1.54, 1.807) is 42.3 Å². The number of hydrogen-bond acceptors (Lipinski definition) is 6. The molecule has 0 aliphatic carbocycles. The van der Waals surface area contributed by atoms with Gasteiger partial charge in [-0.2, -0.15) is 4.68 Å². The maximum Gasteiger partial charge on any atom is 0.256 e. The van der Waals surface area contributed by atoms with Gasteiger partial charge in [0.2, 0.25) is 0 Å². The summed E-state index contributed by atoms with van der Waals surface area (Å²) in [5.41, 5.74) is 1.86. The highest BCUT2D eigenvalue weighted by atomic mass is 16.5. The van der Waals surface area contributed by atoms with Crippen molar-refractivity contribution >= 4 is 11.7 Å². The van der Waals surface area contributed by atoms with E-state index >= 15 is 0 Å². The minimum Gasteiger partial charge on any atom is -0.497 e. The Morgan fingerprint density at radius 3 is 2.41 bits per heavy atom. The van der Waals surface area contributed by atoms with Gasteiger partial charge in [-0.1, -0.05) is 12.1 Å². The van der Waals surface area contributed by atoms with Crippen molar-refractivity contribution in [3.05, 3.63) is 66.0 Å². The van der Waals surface area contributed by atoms with Crippen LogP contribution in [-0.2, 0) is 0 Å². The van der Waals surface area contributed by atoms with Crippen LogP contribution in [0.25, 0.3) is 5.69 Å². The van der Waals surface area contributed by atoms with Crippen LogP contribution < -0.4 is 4.74 Å². The Labute approximate surface area is 168 Å². The van der Waals surface area contributed by atoms with E-state index in [0.717, 1.165) is 5.75 Å². The minimum atomic E-state index is -0.0813. The first-order valence-corrected chi connectivity index (χ1v) is 9.47. The van der Waals surface area contributed by atoms with Crippen LogP contribution in [0.5, 0.6) is 5.75 Å². The molecular weight excluding hydrogens is 370 g/mol. The van der Waals surface area contributed by atoms with E-state index in [2.05, 4.69) is 15.5 Å². The third-order valence-corrected chi connectivity index (χ3v) is 5.26. The first-order valence-electron chi connectivity index (χ1n) is 9.47. The number of amides is 1. The quantitative estimate of drug-likeness (QED) is 0.621. The predicted octanol–water partition coefficient (Wildman–Crippen LogP) is 2.41. The second-order valence-electron chi connectivity index (χ2n) is 6.93. The molecule has 1 amide bonds. The van der Waals surface area contributed by atoms with E-state index in [4.69, 9.17) is 4.74 Å². The lowest BCUT2D eigenvalue weighted by Crippen LogP contribution is -2.40. The maximum atomic E-state index is 13.1. The number of carbonyl (C=O) groups is 2. The van der Waals surface area contributed by atoms with Crippen molar-refractivity contribution in [3.63, 3.8) is 0 Å². The lowest BCUT2D eigenvalue weighted by atomic mass is 9.88. The summed E-state index contributed by atoms with van der Waals surface area (Å²) in [4.78, 5) is 27.7. The molecular formula is C21H21N5O3. The fourth-order valence-corrected chi connectivity index (χ4v) is 3.63. The molecule has 0 unspecified atom stereocenters. The van der Waals surface area contributed by atoms with E-state index in [9.17, 15) is 9.59 Å². The Kier molecular flexibility index (Phi) is 5.33. The van der Waals surface area contributed by atoms with Crippen LogP contribution in [0, 0.1) is 5.92 Å². The molecule has 0 bridgehead atoms. The number of methoxy groups -OCH3 is 1. The second-order valence-corrected chi connectivity index (χ2v) is 6.93. The summed E-state index contributed by atoms with van der Waals surface area (Å²) in [7, 11) is 1.60. The van der Waals surface area contributed by atoms with Gasteiger partial charge in [0, 0.05) is 24.6 Å². The molecule has 8 heteroatoms. The van der Waals surface area contributed by atoms with Crippen molar-refractivity contribution in [1.82, 2.24) is 25.1 Å². The van der Waals surface area contributed by atoms with Gasteiger partial charge in [-0.15, -0.1) is 5.10 Å². The van der Waals surface area contributed by atoms with Gasteiger partial charge >= 0.3 is 0 Å². The molecule has 0 N–H and O–H groups in total. The molecule has 1 aromatic heterocycles. The summed E-state index contributed by atoms with van der Waals surface area (Å²) in [5, 5.41) is 11.2. The molecule has 2 aromatic carbocycles. The van der Waals surface area contributed by atoms with Crippen LogP contribution in [0.2, 0.25) is 0 Å². The molecule has 0 radical (unpaired) electrons. The summed E-state index contributed by atoms with van der Waals surface area (Å²) in [6.07, 6.45) is 2.75. The summed E-state index contributed by atoms with van der Waals surface area (Å²) in [5.74, 6) is 0.686. The Hall–Kier alpha value is -3.55. The number of ketones is 1. The molecule has 3 aromatic rings. The van der Waals surface area contributed by atoms with Gasteiger partial charge in [-0.3, -0.25) is 9.59 Å². The van der Waals surface area contributed by atoms with Gasteiger partial charge in [0.05, 0.1) is 18.4 Å². The van der Waals surface area contributed by atoms with Gasteiger partial charge < -0.3 is 9.64 Å². The lowest BCUT2D eigenvalue weighted by Gasteiger charge is -2.31. The Morgan fingerprint density at radius 1 is 1.03 bits per heavy atom. The molecule has 1 aliphatic rings. The normalized spacial score (nSPS) is 14.6. The number of likely N-dealkylation sites (tertiary alicyclic amines) is 1. The maximum absolute atomic E-state index is 13.1. The number of carbonyl (C=O) groups excluding carboxylic acids is 2. The fourth-order valence-electron chi connectivity index (χ4n) is 3.63. The van der Waals surface area contributed by atoms with E-state index < -0.39 is 0 Å². The summed E-state index contributed by atoms with van der Waals surface area (Å²) < 4.78 is 6.62.